The lowest BCUT2D eigenvalue weighted by atomic mass is 10.4. The van der Waals surface area contributed by atoms with Crippen molar-refractivity contribution in [1.82, 2.24) is 15.5 Å². The Labute approximate surface area is 99.8 Å². The molecule has 80 valence electrons. The van der Waals surface area contributed by atoms with E-state index in [1.807, 2.05) is 0 Å². The first-order valence-electron chi connectivity index (χ1n) is 4.55. The summed E-state index contributed by atoms with van der Waals surface area (Å²) in [4.78, 5) is 5.25. The van der Waals surface area contributed by atoms with E-state index < -0.39 is 0 Å². The summed E-state index contributed by atoms with van der Waals surface area (Å²) in [7, 11) is 0. The van der Waals surface area contributed by atoms with Crippen LogP contribution in [0.2, 0.25) is 0 Å². The van der Waals surface area contributed by atoms with Gasteiger partial charge in [-0.1, -0.05) is 5.16 Å². The van der Waals surface area contributed by atoms with Crippen molar-refractivity contribution in [1.29, 1.82) is 0 Å². The van der Waals surface area contributed by atoms with Crippen LogP contribution in [0.25, 0.3) is 0 Å². The summed E-state index contributed by atoms with van der Waals surface area (Å²) in [6.45, 7) is 1.72. The molecule has 2 aromatic heterocycles. The molecular weight excluding hydrogens is 278 g/mol. The molecule has 0 aliphatic heterocycles. The number of hydrogen-bond donors (Lipinski definition) is 1. The number of aromatic nitrogens is 2. The molecule has 2 rings (SSSR count). The molecule has 0 unspecified atom stereocenters. The van der Waals surface area contributed by atoms with E-state index in [0.29, 0.717) is 5.89 Å². The van der Waals surface area contributed by atoms with Crippen molar-refractivity contribution in [3.8, 4) is 0 Å². The van der Waals surface area contributed by atoms with Crippen molar-refractivity contribution in [3.05, 3.63) is 33.0 Å². The molecular formula is C9H10BrN3OS. The third-order valence-corrected chi connectivity index (χ3v) is 3.47. The van der Waals surface area contributed by atoms with E-state index in [2.05, 4.69) is 43.5 Å². The quantitative estimate of drug-likeness (QED) is 0.857. The molecule has 0 aliphatic rings. The predicted octanol–water partition coefficient (Wildman–Crippen LogP) is 2.23. The Morgan fingerprint density at radius 3 is 3.07 bits per heavy atom. The van der Waals surface area contributed by atoms with Crippen LogP contribution in [-0.2, 0) is 13.0 Å². The highest BCUT2D eigenvalue weighted by Crippen LogP contribution is 2.21. The number of nitrogens with one attached hydrogen (secondary N) is 1. The van der Waals surface area contributed by atoms with Gasteiger partial charge in [0, 0.05) is 24.4 Å². The highest BCUT2D eigenvalue weighted by atomic mass is 79.9. The molecule has 4 nitrogen and oxygen atoms in total. The minimum Gasteiger partial charge on any atom is -0.340 e. The average molecular weight is 288 g/mol. The molecule has 0 radical (unpaired) electrons. The Morgan fingerprint density at radius 2 is 2.40 bits per heavy atom. The molecule has 15 heavy (non-hydrogen) atoms. The van der Waals surface area contributed by atoms with Gasteiger partial charge < -0.3 is 9.84 Å². The van der Waals surface area contributed by atoms with Crippen molar-refractivity contribution in [3.63, 3.8) is 0 Å². The van der Waals surface area contributed by atoms with Crippen LogP contribution < -0.4 is 5.32 Å². The summed E-state index contributed by atoms with van der Waals surface area (Å²) in [5, 5.41) is 6.86. The summed E-state index contributed by atoms with van der Waals surface area (Å²) >= 11 is 5.17. The predicted molar refractivity (Wildman–Crippen MR) is 61.7 cm³/mol. The molecule has 0 saturated heterocycles. The first kappa shape index (κ1) is 10.8. The smallest absolute Gasteiger partial charge is 0.227 e. The molecule has 0 aliphatic carbocycles. The zero-order valence-corrected chi connectivity index (χ0v) is 10.3. The van der Waals surface area contributed by atoms with Gasteiger partial charge >= 0.3 is 0 Å². The van der Waals surface area contributed by atoms with Crippen LogP contribution in [0.1, 0.15) is 10.8 Å². The van der Waals surface area contributed by atoms with Crippen LogP contribution in [0.3, 0.4) is 0 Å². The SMILES string of the molecule is Brc1ccc(CNCCc2ncno2)s1. The number of hydrogen-bond acceptors (Lipinski definition) is 5. The van der Waals surface area contributed by atoms with Gasteiger partial charge in [-0.3, -0.25) is 0 Å². The maximum Gasteiger partial charge on any atom is 0.227 e. The van der Waals surface area contributed by atoms with Crippen molar-refractivity contribution in [2.75, 3.05) is 6.54 Å². The van der Waals surface area contributed by atoms with Gasteiger partial charge in [-0.25, -0.2) is 0 Å². The number of thiophene rings is 1. The van der Waals surface area contributed by atoms with Gasteiger partial charge in [-0.15, -0.1) is 11.3 Å². The van der Waals surface area contributed by atoms with Gasteiger partial charge in [0.15, 0.2) is 6.33 Å². The molecule has 2 aromatic rings. The Bertz CT molecular complexity index is 401. The van der Waals surface area contributed by atoms with Gasteiger partial charge in [-0.05, 0) is 28.1 Å². The molecule has 0 spiro atoms. The summed E-state index contributed by atoms with van der Waals surface area (Å²) in [6, 6.07) is 4.16. The lowest BCUT2D eigenvalue weighted by Gasteiger charge is -1.99. The standard InChI is InChI=1S/C9H10BrN3OS/c10-8-2-1-7(15-8)5-11-4-3-9-12-6-13-14-9/h1-2,6,11H,3-5H2. The van der Waals surface area contributed by atoms with Crippen molar-refractivity contribution >= 4 is 27.3 Å². The largest absolute Gasteiger partial charge is 0.340 e. The second-order valence-corrected chi connectivity index (χ2v) is 5.52. The fourth-order valence-corrected chi connectivity index (χ4v) is 2.61. The van der Waals surface area contributed by atoms with Gasteiger partial charge in [-0.2, -0.15) is 4.98 Å². The Balaban J connectivity index is 1.67. The van der Waals surface area contributed by atoms with Crippen molar-refractivity contribution in [2.24, 2.45) is 0 Å². The number of rotatable bonds is 5. The lowest BCUT2D eigenvalue weighted by Crippen LogP contribution is -2.15. The van der Waals surface area contributed by atoms with E-state index in [1.165, 1.54) is 11.2 Å². The van der Waals surface area contributed by atoms with Crippen LogP contribution in [-0.4, -0.2) is 16.7 Å². The first-order valence-corrected chi connectivity index (χ1v) is 6.16. The minimum absolute atomic E-state index is 0.676. The fraction of sp³-hybridized carbons (Fsp3) is 0.333. The van der Waals surface area contributed by atoms with E-state index in [-0.39, 0.29) is 0 Å². The molecule has 0 saturated carbocycles. The summed E-state index contributed by atoms with van der Waals surface area (Å²) in [5.74, 6) is 0.676. The first-order chi connectivity index (χ1) is 7.34. The zero-order chi connectivity index (χ0) is 10.5. The van der Waals surface area contributed by atoms with E-state index in [9.17, 15) is 0 Å². The normalized spacial score (nSPS) is 10.7. The monoisotopic (exact) mass is 287 g/mol. The molecule has 1 N–H and O–H groups in total. The van der Waals surface area contributed by atoms with Crippen LogP contribution in [0.5, 0.6) is 0 Å². The van der Waals surface area contributed by atoms with Gasteiger partial charge in [0.25, 0.3) is 0 Å². The highest BCUT2D eigenvalue weighted by Gasteiger charge is 1.99. The summed E-state index contributed by atoms with van der Waals surface area (Å²) in [5.41, 5.74) is 0. The number of nitrogens with zero attached hydrogens (tertiary/aromatic N) is 2. The van der Waals surface area contributed by atoms with E-state index >= 15 is 0 Å². The summed E-state index contributed by atoms with van der Waals surface area (Å²) < 4.78 is 6.05. The molecule has 0 fully saturated rings. The van der Waals surface area contributed by atoms with Gasteiger partial charge in [0.2, 0.25) is 5.89 Å². The zero-order valence-electron chi connectivity index (χ0n) is 7.94. The maximum atomic E-state index is 4.88. The maximum absolute atomic E-state index is 4.88. The molecule has 0 amide bonds. The van der Waals surface area contributed by atoms with E-state index in [0.717, 1.165) is 23.3 Å². The molecule has 0 bridgehead atoms. The van der Waals surface area contributed by atoms with Crippen LogP contribution >= 0.6 is 27.3 Å². The topological polar surface area (TPSA) is 51.0 Å². The highest BCUT2D eigenvalue weighted by molar-refractivity contribution is 9.11. The van der Waals surface area contributed by atoms with E-state index in [1.54, 1.807) is 11.3 Å². The van der Waals surface area contributed by atoms with Crippen molar-refractivity contribution < 1.29 is 4.52 Å². The molecule has 0 aromatic carbocycles. The fourth-order valence-electron chi connectivity index (χ4n) is 1.16. The Morgan fingerprint density at radius 1 is 1.47 bits per heavy atom. The molecule has 2 heterocycles. The Kier molecular flexibility index (Phi) is 3.87. The third-order valence-electron chi connectivity index (χ3n) is 1.85. The third kappa shape index (κ3) is 3.40. The summed E-state index contributed by atoms with van der Waals surface area (Å²) in [6.07, 6.45) is 2.19. The number of halogens is 1. The van der Waals surface area contributed by atoms with E-state index in [4.69, 9.17) is 4.52 Å². The Hall–Kier alpha value is -0.720. The van der Waals surface area contributed by atoms with Gasteiger partial charge in [0.05, 0.1) is 3.79 Å². The van der Waals surface area contributed by atoms with Crippen LogP contribution in [0.4, 0.5) is 0 Å². The molecule has 6 heteroatoms. The second kappa shape index (κ2) is 5.39. The minimum atomic E-state index is 0.676. The van der Waals surface area contributed by atoms with Crippen LogP contribution in [0.15, 0.2) is 26.8 Å². The lowest BCUT2D eigenvalue weighted by molar-refractivity contribution is 0.375. The van der Waals surface area contributed by atoms with Crippen LogP contribution in [0, 0.1) is 0 Å². The molecule has 0 atom stereocenters. The van der Waals surface area contributed by atoms with Gasteiger partial charge in [0.1, 0.15) is 0 Å². The second-order valence-electron chi connectivity index (χ2n) is 2.97. The van der Waals surface area contributed by atoms with Crippen molar-refractivity contribution in [2.45, 2.75) is 13.0 Å². The average Bonchev–Trinajstić information content (AvgIpc) is 2.84.